The van der Waals surface area contributed by atoms with Crippen LogP contribution in [0.25, 0.3) is 0 Å². The van der Waals surface area contributed by atoms with Crippen LogP contribution >= 0.6 is 0 Å². The Hall–Kier alpha value is -1.56. The predicted molar refractivity (Wildman–Crippen MR) is 70.8 cm³/mol. The first-order chi connectivity index (χ1) is 8.70. The minimum absolute atomic E-state index is 0.134. The number of halogens is 1. The summed E-state index contributed by atoms with van der Waals surface area (Å²) in [4.78, 5) is 0. The molecule has 3 heteroatoms. The van der Waals surface area contributed by atoms with Gasteiger partial charge >= 0.3 is 0 Å². The van der Waals surface area contributed by atoms with Crippen molar-refractivity contribution in [3.05, 3.63) is 29.6 Å². The zero-order chi connectivity index (χ0) is 13.0. The summed E-state index contributed by atoms with van der Waals surface area (Å²) in [7, 11) is 0. The molecule has 2 nitrogen and oxygen atoms in total. The van der Waals surface area contributed by atoms with Crippen LogP contribution in [0.5, 0.6) is 0 Å². The Morgan fingerprint density at radius 2 is 2.11 bits per heavy atom. The van der Waals surface area contributed by atoms with Gasteiger partial charge in [-0.3, -0.25) is 0 Å². The predicted octanol–water partition coefficient (Wildman–Crippen LogP) is 4.08. The molecule has 2 unspecified atom stereocenters. The van der Waals surface area contributed by atoms with Gasteiger partial charge in [0, 0.05) is 6.04 Å². The number of benzene rings is 1. The van der Waals surface area contributed by atoms with Crippen molar-refractivity contribution < 1.29 is 4.39 Å². The summed E-state index contributed by atoms with van der Waals surface area (Å²) < 4.78 is 13.5. The Morgan fingerprint density at radius 3 is 2.89 bits per heavy atom. The molecule has 2 atom stereocenters. The molecule has 96 valence electrons. The lowest BCUT2D eigenvalue weighted by molar-refractivity contribution is 0.502. The van der Waals surface area contributed by atoms with E-state index in [2.05, 4.69) is 12.2 Å². The highest BCUT2D eigenvalue weighted by Gasteiger charge is 2.17. The van der Waals surface area contributed by atoms with E-state index in [1.54, 1.807) is 12.1 Å². The molecule has 0 bridgehead atoms. The Bertz CT molecular complexity index is 450. The largest absolute Gasteiger partial charge is 0.381 e. The fourth-order valence-corrected chi connectivity index (χ4v) is 2.61. The SMILES string of the molecule is CC1CCCC(Nc2cccc(F)c2C#N)CC1. The molecule has 1 aromatic carbocycles. The van der Waals surface area contributed by atoms with E-state index in [0.717, 1.165) is 18.8 Å². The molecule has 0 aromatic heterocycles. The van der Waals surface area contributed by atoms with Crippen molar-refractivity contribution in [2.75, 3.05) is 5.32 Å². The fraction of sp³-hybridized carbons (Fsp3) is 0.533. The van der Waals surface area contributed by atoms with Crippen molar-refractivity contribution in [1.29, 1.82) is 5.26 Å². The Balaban J connectivity index is 2.09. The van der Waals surface area contributed by atoms with Crippen LogP contribution in [0.4, 0.5) is 10.1 Å². The van der Waals surface area contributed by atoms with Gasteiger partial charge in [-0.2, -0.15) is 5.26 Å². The zero-order valence-electron chi connectivity index (χ0n) is 10.7. The summed E-state index contributed by atoms with van der Waals surface area (Å²) in [6.45, 7) is 2.28. The highest BCUT2D eigenvalue weighted by molar-refractivity contribution is 5.58. The fourth-order valence-electron chi connectivity index (χ4n) is 2.61. The molecule has 1 fully saturated rings. The van der Waals surface area contributed by atoms with E-state index >= 15 is 0 Å². The summed E-state index contributed by atoms with van der Waals surface area (Å²) in [5.41, 5.74) is 0.770. The maximum absolute atomic E-state index is 13.5. The molecule has 1 aliphatic carbocycles. The van der Waals surface area contributed by atoms with Crippen LogP contribution in [0, 0.1) is 23.1 Å². The van der Waals surface area contributed by atoms with Crippen LogP contribution in [0.3, 0.4) is 0 Å². The average Bonchev–Trinajstić information content (AvgIpc) is 2.55. The topological polar surface area (TPSA) is 35.8 Å². The molecule has 1 aromatic rings. The number of hydrogen-bond acceptors (Lipinski definition) is 2. The number of nitrogens with one attached hydrogen (secondary N) is 1. The molecule has 1 saturated carbocycles. The second-order valence-corrected chi connectivity index (χ2v) is 5.23. The smallest absolute Gasteiger partial charge is 0.143 e. The van der Waals surface area contributed by atoms with Crippen molar-refractivity contribution in [3.8, 4) is 6.07 Å². The second-order valence-electron chi connectivity index (χ2n) is 5.23. The van der Waals surface area contributed by atoms with Crippen molar-refractivity contribution in [3.63, 3.8) is 0 Å². The molecule has 0 amide bonds. The van der Waals surface area contributed by atoms with Gasteiger partial charge in [0.05, 0.1) is 5.69 Å². The van der Waals surface area contributed by atoms with Crippen LogP contribution in [0.1, 0.15) is 44.6 Å². The molecule has 1 aliphatic rings. The third kappa shape index (κ3) is 3.01. The number of anilines is 1. The van der Waals surface area contributed by atoms with Crippen molar-refractivity contribution >= 4 is 5.69 Å². The molecule has 18 heavy (non-hydrogen) atoms. The van der Waals surface area contributed by atoms with E-state index in [1.807, 2.05) is 6.07 Å². The van der Waals surface area contributed by atoms with Crippen molar-refractivity contribution in [1.82, 2.24) is 0 Å². The highest BCUT2D eigenvalue weighted by atomic mass is 19.1. The lowest BCUT2D eigenvalue weighted by Crippen LogP contribution is -2.19. The van der Waals surface area contributed by atoms with Crippen LogP contribution < -0.4 is 5.32 Å². The van der Waals surface area contributed by atoms with Crippen molar-refractivity contribution in [2.45, 2.75) is 45.1 Å². The molecular weight excluding hydrogens is 227 g/mol. The second kappa shape index (κ2) is 5.86. The van der Waals surface area contributed by atoms with E-state index in [1.165, 1.54) is 25.3 Å². The first kappa shape index (κ1) is 12.9. The summed E-state index contributed by atoms with van der Waals surface area (Å²) in [6.07, 6.45) is 5.88. The third-order valence-corrected chi connectivity index (χ3v) is 3.74. The standard InChI is InChI=1S/C15H19FN2/c1-11-4-2-5-12(9-8-11)18-15-7-3-6-14(16)13(15)10-17/h3,6-7,11-12,18H,2,4-5,8-9H2,1H3. The Kier molecular flexibility index (Phi) is 4.19. The quantitative estimate of drug-likeness (QED) is 0.798. The van der Waals surface area contributed by atoms with E-state index in [4.69, 9.17) is 5.26 Å². The van der Waals surface area contributed by atoms with E-state index in [9.17, 15) is 4.39 Å². The van der Waals surface area contributed by atoms with E-state index < -0.39 is 5.82 Å². The van der Waals surface area contributed by atoms with Gasteiger partial charge in [0.2, 0.25) is 0 Å². The minimum atomic E-state index is -0.440. The summed E-state index contributed by atoms with van der Waals surface area (Å²) in [5.74, 6) is 0.337. The van der Waals surface area contributed by atoms with Gasteiger partial charge in [0.25, 0.3) is 0 Å². The number of nitrogens with zero attached hydrogens (tertiary/aromatic N) is 1. The van der Waals surface area contributed by atoms with Gasteiger partial charge < -0.3 is 5.32 Å². The van der Waals surface area contributed by atoms with Gasteiger partial charge in [0.15, 0.2) is 0 Å². The lowest BCUT2D eigenvalue weighted by Gasteiger charge is -2.18. The van der Waals surface area contributed by atoms with E-state index in [0.29, 0.717) is 11.7 Å². The van der Waals surface area contributed by atoms with Crippen molar-refractivity contribution in [2.24, 2.45) is 5.92 Å². The number of nitriles is 1. The summed E-state index contributed by atoms with van der Waals surface area (Å²) in [6, 6.07) is 7.08. The Morgan fingerprint density at radius 1 is 1.28 bits per heavy atom. The van der Waals surface area contributed by atoms with Crippen LogP contribution in [0.15, 0.2) is 18.2 Å². The Labute approximate surface area is 108 Å². The molecule has 0 spiro atoms. The van der Waals surface area contributed by atoms with Gasteiger partial charge in [-0.1, -0.05) is 25.8 Å². The first-order valence-corrected chi connectivity index (χ1v) is 6.66. The molecule has 1 N–H and O–H groups in total. The van der Waals surface area contributed by atoms with E-state index in [-0.39, 0.29) is 5.56 Å². The summed E-state index contributed by atoms with van der Waals surface area (Å²) >= 11 is 0. The van der Waals surface area contributed by atoms with Crippen LogP contribution in [-0.2, 0) is 0 Å². The normalized spacial score (nSPS) is 24.1. The zero-order valence-corrected chi connectivity index (χ0v) is 10.7. The number of rotatable bonds is 2. The van der Waals surface area contributed by atoms with Crippen LogP contribution in [0.2, 0.25) is 0 Å². The lowest BCUT2D eigenvalue weighted by atomic mass is 10.0. The molecule has 0 heterocycles. The van der Waals surface area contributed by atoms with Crippen LogP contribution in [-0.4, -0.2) is 6.04 Å². The minimum Gasteiger partial charge on any atom is -0.381 e. The molecule has 2 rings (SSSR count). The molecule has 0 aliphatic heterocycles. The average molecular weight is 246 g/mol. The van der Waals surface area contributed by atoms with Gasteiger partial charge in [-0.15, -0.1) is 0 Å². The van der Waals surface area contributed by atoms with Gasteiger partial charge in [-0.05, 0) is 37.3 Å². The van der Waals surface area contributed by atoms with Gasteiger partial charge in [0.1, 0.15) is 17.4 Å². The summed E-state index contributed by atoms with van der Waals surface area (Å²) in [5, 5.41) is 12.3. The maximum atomic E-state index is 13.5. The third-order valence-electron chi connectivity index (χ3n) is 3.74. The monoisotopic (exact) mass is 246 g/mol. The first-order valence-electron chi connectivity index (χ1n) is 6.66. The number of hydrogen-bond donors (Lipinski definition) is 1. The highest BCUT2D eigenvalue weighted by Crippen LogP contribution is 2.26. The van der Waals surface area contributed by atoms with Gasteiger partial charge in [-0.25, -0.2) is 4.39 Å². The maximum Gasteiger partial charge on any atom is 0.143 e. The molecular formula is C15H19FN2. The molecule has 0 radical (unpaired) electrons. The molecule has 0 saturated heterocycles.